The summed E-state index contributed by atoms with van der Waals surface area (Å²) in [6.07, 6.45) is 3.59. The van der Waals surface area contributed by atoms with Gasteiger partial charge in [0.05, 0.1) is 17.8 Å². The van der Waals surface area contributed by atoms with Crippen LogP contribution in [0.1, 0.15) is 0 Å². The lowest BCUT2D eigenvalue weighted by Crippen LogP contribution is -2.22. The van der Waals surface area contributed by atoms with E-state index in [2.05, 4.69) is 30.8 Å². The van der Waals surface area contributed by atoms with Gasteiger partial charge in [0.25, 0.3) is 0 Å². The number of ether oxygens (including phenoxy) is 1. The highest BCUT2D eigenvalue weighted by molar-refractivity contribution is 9.10. The van der Waals surface area contributed by atoms with Gasteiger partial charge in [-0.25, -0.2) is 0 Å². The van der Waals surface area contributed by atoms with Crippen LogP contribution < -0.4 is 4.90 Å². The Morgan fingerprint density at radius 1 is 1.41 bits per heavy atom. The van der Waals surface area contributed by atoms with Gasteiger partial charge in [-0.05, 0) is 28.1 Å². The zero-order chi connectivity index (χ0) is 12.3. The smallest absolute Gasteiger partial charge is 0.112 e. The molecule has 0 saturated carbocycles. The summed E-state index contributed by atoms with van der Waals surface area (Å²) in [6.45, 7) is 1.52. The molecule has 0 aromatic carbocycles. The van der Waals surface area contributed by atoms with Gasteiger partial charge in [0, 0.05) is 37.6 Å². The van der Waals surface area contributed by atoms with Gasteiger partial charge >= 0.3 is 0 Å². The van der Waals surface area contributed by atoms with Crippen LogP contribution >= 0.6 is 15.9 Å². The highest BCUT2D eigenvalue weighted by Crippen LogP contribution is 2.24. The Hall–Kier alpha value is -1.20. The van der Waals surface area contributed by atoms with E-state index in [1.54, 1.807) is 19.5 Å². The maximum atomic E-state index is 5.08. The number of nitrogens with zero attached hydrogens (tertiary/aromatic N) is 3. The van der Waals surface area contributed by atoms with Crippen LogP contribution in [0.25, 0.3) is 11.0 Å². The van der Waals surface area contributed by atoms with Crippen LogP contribution in [0.15, 0.2) is 29.0 Å². The number of methoxy groups -OCH3 is 1. The molecule has 2 rings (SSSR count). The fourth-order valence-corrected chi connectivity index (χ4v) is 1.97. The number of likely N-dealkylation sites (N-methyl/N-ethyl adjacent to an activating group) is 1. The molecular formula is C12H14BrN3O. The lowest BCUT2D eigenvalue weighted by molar-refractivity contribution is 0.206. The molecule has 0 spiro atoms. The van der Waals surface area contributed by atoms with E-state index in [-0.39, 0.29) is 0 Å². The Bertz CT molecular complexity index is 518. The zero-order valence-electron chi connectivity index (χ0n) is 9.85. The molecule has 17 heavy (non-hydrogen) atoms. The first-order chi connectivity index (χ1) is 8.22. The third-order valence-electron chi connectivity index (χ3n) is 2.56. The Morgan fingerprint density at radius 3 is 3.00 bits per heavy atom. The molecule has 0 aliphatic rings. The SMILES string of the molecule is COCCN(C)c1ccnc2cc(Br)cnc12. The molecule has 0 saturated heterocycles. The largest absolute Gasteiger partial charge is 0.383 e. The van der Waals surface area contributed by atoms with Crippen molar-refractivity contribution in [3.05, 3.63) is 29.0 Å². The highest BCUT2D eigenvalue weighted by Gasteiger charge is 2.07. The molecule has 90 valence electrons. The molecule has 0 aliphatic heterocycles. The molecule has 0 fully saturated rings. The maximum absolute atomic E-state index is 5.08. The van der Waals surface area contributed by atoms with Crippen LogP contribution in [-0.4, -0.2) is 37.3 Å². The van der Waals surface area contributed by atoms with Gasteiger partial charge in [0.1, 0.15) is 5.52 Å². The minimum Gasteiger partial charge on any atom is -0.383 e. The van der Waals surface area contributed by atoms with Gasteiger partial charge in [-0.3, -0.25) is 9.97 Å². The van der Waals surface area contributed by atoms with Crippen molar-refractivity contribution in [3.8, 4) is 0 Å². The van der Waals surface area contributed by atoms with E-state index in [4.69, 9.17) is 4.74 Å². The summed E-state index contributed by atoms with van der Waals surface area (Å²) >= 11 is 3.40. The van der Waals surface area contributed by atoms with E-state index in [9.17, 15) is 0 Å². The number of halogens is 1. The Kier molecular flexibility index (Phi) is 3.91. The Balaban J connectivity index is 2.40. The molecule has 5 heteroatoms. The number of fused-ring (bicyclic) bond motifs is 1. The molecule has 0 N–H and O–H groups in total. The Labute approximate surface area is 109 Å². The predicted molar refractivity (Wildman–Crippen MR) is 72.4 cm³/mol. The molecule has 0 bridgehead atoms. The molecule has 0 radical (unpaired) electrons. The van der Waals surface area contributed by atoms with Gasteiger partial charge in [0.15, 0.2) is 0 Å². The van der Waals surface area contributed by atoms with Crippen molar-refractivity contribution in [1.82, 2.24) is 9.97 Å². The summed E-state index contributed by atoms with van der Waals surface area (Å²) < 4.78 is 6.02. The summed E-state index contributed by atoms with van der Waals surface area (Å²) in [5.41, 5.74) is 2.87. The number of anilines is 1. The second kappa shape index (κ2) is 5.42. The fourth-order valence-electron chi connectivity index (χ4n) is 1.65. The molecular weight excluding hydrogens is 282 g/mol. The lowest BCUT2D eigenvalue weighted by Gasteiger charge is -2.19. The number of aromatic nitrogens is 2. The summed E-state index contributed by atoms with van der Waals surface area (Å²) in [4.78, 5) is 10.9. The van der Waals surface area contributed by atoms with E-state index in [1.165, 1.54) is 0 Å². The molecule has 0 atom stereocenters. The van der Waals surface area contributed by atoms with Crippen molar-refractivity contribution in [3.63, 3.8) is 0 Å². The number of hydrogen-bond acceptors (Lipinski definition) is 4. The maximum Gasteiger partial charge on any atom is 0.112 e. The first-order valence-corrected chi connectivity index (χ1v) is 6.12. The van der Waals surface area contributed by atoms with Gasteiger partial charge in [-0.2, -0.15) is 0 Å². The van der Waals surface area contributed by atoms with E-state index < -0.39 is 0 Å². The third kappa shape index (κ3) is 2.73. The van der Waals surface area contributed by atoms with E-state index in [0.29, 0.717) is 6.61 Å². The average Bonchev–Trinajstić information content (AvgIpc) is 2.34. The molecule has 4 nitrogen and oxygen atoms in total. The van der Waals surface area contributed by atoms with E-state index in [0.717, 1.165) is 27.7 Å². The van der Waals surface area contributed by atoms with Gasteiger partial charge in [0.2, 0.25) is 0 Å². The summed E-state index contributed by atoms with van der Waals surface area (Å²) in [7, 11) is 3.73. The molecule has 2 aromatic heterocycles. The lowest BCUT2D eigenvalue weighted by atomic mass is 10.2. The molecule has 0 amide bonds. The van der Waals surface area contributed by atoms with Gasteiger partial charge < -0.3 is 9.64 Å². The first-order valence-electron chi connectivity index (χ1n) is 5.32. The normalized spacial score (nSPS) is 10.8. The summed E-state index contributed by atoms with van der Waals surface area (Å²) in [6, 6.07) is 3.94. The monoisotopic (exact) mass is 295 g/mol. The van der Waals surface area contributed by atoms with Crippen LogP contribution in [0.4, 0.5) is 5.69 Å². The quantitative estimate of drug-likeness (QED) is 0.869. The van der Waals surface area contributed by atoms with Crippen molar-refractivity contribution in [1.29, 1.82) is 0 Å². The van der Waals surface area contributed by atoms with Crippen LogP contribution in [0, 0.1) is 0 Å². The number of hydrogen-bond donors (Lipinski definition) is 0. The summed E-state index contributed by atoms with van der Waals surface area (Å²) in [5, 5.41) is 0. The molecule has 0 aliphatic carbocycles. The molecule has 2 heterocycles. The molecule has 0 unspecified atom stereocenters. The van der Waals surface area contributed by atoms with Crippen molar-refractivity contribution in [2.45, 2.75) is 0 Å². The molecule has 2 aromatic rings. The van der Waals surface area contributed by atoms with E-state index in [1.807, 2.05) is 19.2 Å². The standard InChI is InChI=1S/C12H14BrN3O/c1-16(5-6-17-2)11-3-4-14-10-7-9(13)8-15-12(10)11/h3-4,7-8H,5-6H2,1-2H3. The fraction of sp³-hybridized carbons (Fsp3) is 0.333. The first kappa shape index (κ1) is 12.3. The van der Waals surface area contributed by atoms with Crippen LogP contribution in [0.5, 0.6) is 0 Å². The van der Waals surface area contributed by atoms with Crippen molar-refractivity contribution < 1.29 is 4.74 Å². The Morgan fingerprint density at radius 2 is 2.24 bits per heavy atom. The van der Waals surface area contributed by atoms with Gasteiger partial charge in [-0.1, -0.05) is 0 Å². The van der Waals surface area contributed by atoms with Crippen molar-refractivity contribution in [2.75, 3.05) is 32.2 Å². The second-order valence-corrected chi connectivity index (χ2v) is 4.68. The second-order valence-electron chi connectivity index (χ2n) is 3.77. The minimum atomic E-state index is 0.691. The summed E-state index contributed by atoms with van der Waals surface area (Å²) in [5.74, 6) is 0. The van der Waals surface area contributed by atoms with Crippen LogP contribution in [0.3, 0.4) is 0 Å². The topological polar surface area (TPSA) is 38.2 Å². The van der Waals surface area contributed by atoms with Crippen molar-refractivity contribution in [2.24, 2.45) is 0 Å². The van der Waals surface area contributed by atoms with E-state index >= 15 is 0 Å². The van der Waals surface area contributed by atoms with Crippen LogP contribution in [0.2, 0.25) is 0 Å². The zero-order valence-corrected chi connectivity index (χ0v) is 11.4. The van der Waals surface area contributed by atoms with Gasteiger partial charge in [-0.15, -0.1) is 0 Å². The highest BCUT2D eigenvalue weighted by atomic mass is 79.9. The van der Waals surface area contributed by atoms with Crippen LogP contribution in [-0.2, 0) is 4.74 Å². The predicted octanol–water partition coefficient (Wildman–Crippen LogP) is 2.47. The number of pyridine rings is 2. The third-order valence-corrected chi connectivity index (χ3v) is 3.00. The number of rotatable bonds is 4. The minimum absolute atomic E-state index is 0.691. The average molecular weight is 296 g/mol. The van der Waals surface area contributed by atoms with Crippen molar-refractivity contribution >= 4 is 32.7 Å².